The van der Waals surface area contributed by atoms with Gasteiger partial charge in [-0.2, -0.15) is 0 Å². The predicted octanol–water partition coefficient (Wildman–Crippen LogP) is 7.14. The third-order valence-electron chi connectivity index (χ3n) is 7.94. The Kier molecular flexibility index (Phi) is 11.6. The molecule has 0 aliphatic carbocycles. The molecule has 0 saturated carbocycles. The number of allylic oxidation sites excluding steroid dienone is 1. The lowest BCUT2D eigenvalue weighted by molar-refractivity contribution is -0.131. The minimum atomic E-state index is -0.339. The molecule has 0 bridgehead atoms. The highest BCUT2D eigenvalue weighted by atomic mass is 16.7. The predicted molar refractivity (Wildman–Crippen MR) is 173 cm³/mol. The molecular weight excluding hydrogens is 540 g/mol. The van der Waals surface area contributed by atoms with E-state index in [1.165, 1.54) is 12.5 Å². The van der Waals surface area contributed by atoms with E-state index in [1.807, 2.05) is 30.3 Å². The number of nitrogens with zero attached hydrogens (tertiary/aromatic N) is 2. The van der Waals surface area contributed by atoms with Gasteiger partial charge in [0.05, 0.1) is 0 Å². The maximum Gasteiger partial charge on any atom is 0.308 e. The zero-order valence-corrected chi connectivity index (χ0v) is 26.5. The number of rotatable bonds is 15. The molecule has 0 atom stereocenters. The first kappa shape index (κ1) is 32.1. The topological polar surface area (TPSA) is 60.5 Å². The first-order valence-corrected chi connectivity index (χ1v) is 15.5. The molecule has 43 heavy (non-hydrogen) atoms. The molecule has 0 aromatic heterocycles. The standard InChI is InChI=1S/C36H46N2O5/c1-7-33(29-16-21-34-35(22-29)41-25-40-34)36(27-12-17-30(18-13-27)42-26(6)39)28-14-19-31(20-15-28)43-32(23-37(8-2)9-3)24-38(10-4)11-5/h12-22,32H,7-11,23-25H2,1-6H3. The van der Waals surface area contributed by atoms with E-state index in [2.05, 4.69) is 80.8 Å². The zero-order valence-electron chi connectivity index (χ0n) is 26.5. The average Bonchev–Trinajstić information content (AvgIpc) is 3.50. The van der Waals surface area contributed by atoms with Gasteiger partial charge >= 0.3 is 5.97 Å². The maximum absolute atomic E-state index is 11.5. The highest BCUT2D eigenvalue weighted by molar-refractivity contribution is 5.99. The Morgan fingerprint density at radius 2 is 1.23 bits per heavy atom. The fourth-order valence-corrected chi connectivity index (χ4v) is 5.54. The Morgan fingerprint density at radius 1 is 0.721 bits per heavy atom. The molecule has 1 aliphatic rings. The number of ether oxygens (including phenoxy) is 4. The highest BCUT2D eigenvalue weighted by Gasteiger charge is 2.20. The van der Waals surface area contributed by atoms with E-state index in [9.17, 15) is 4.79 Å². The molecule has 4 rings (SSSR count). The Balaban J connectivity index is 1.71. The molecule has 7 heteroatoms. The first-order chi connectivity index (χ1) is 20.9. The van der Waals surface area contributed by atoms with Crippen LogP contribution in [-0.4, -0.2) is 67.9 Å². The molecule has 1 aliphatic heterocycles. The molecule has 0 unspecified atom stereocenters. The fourth-order valence-electron chi connectivity index (χ4n) is 5.54. The fraction of sp³-hybridized carbons (Fsp3) is 0.417. The lowest BCUT2D eigenvalue weighted by Gasteiger charge is -2.30. The molecular formula is C36H46N2O5. The van der Waals surface area contributed by atoms with Crippen LogP contribution in [0.1, 0.15) is 64.7 Å². The van der Waals surface area contributed by atoms with E-state index in [0.717, 1.165) is 85.2 Å². The van der Waals surface area contributed by atoms with Crippen LogP contribution in [0.3, 0.4) is 0 Å². The van der Waals surface area contributed by atoms with Crippen molar-refractivity contribution in [2.24, 2.45) is 0 Å². The van der Waals surface area contributed by atoms with Crippen molar-refractivity contribution in [1.82, 2.24) is 9.80 Å². The summed E-state index contributed by atoms with van der Waals surface area (Å²) in [6.45, 7) is 18.4. The van der Waals surface area contributed by atoms with Crippen LogP contribution < -0.4 is 18.9 Å². The second kappa shape index (κ2) is 15.6. The van der Waals surface area contributed by atoms with Crippen molar-refractivity contribution in [2.45, 2.75) is 54.1 Å². The van der Waals surface area contributed by atoms with E-state index >= 15 is 0 Å². The molecule has 230 valence electrons. The van der Waals surface area contributed by atoms with Crippen molar-refractivity contribution in [1.29, 1.82) is 0 Å². The normalized spacial score (nSPS) is 13.0. The molecule has 0 N–H and O–H groups in total. The molecule has 3 aromatic rings. The van der Waals surface area contributed by atoms with Crippen LogP contribution >= 0.6 is 0 Å². The van der Waals surface area contributed by atoms with Crippen molar-refractivity contribution < 1.29 is 23.7 Å². The van der Waals surface area contributed by atoms with Gasteiger partial charge in [0.15, 0.2) is 11.5 Å². The molecule has 3 aromatic carbocycles. The van der Waals surface area contributed by atoms with Crippen LogP contribution in [0.2, 0.25) is 0 Å². The third-order valence-corrected chi connectivity index (χ3v) is 7.94. The van der Waals surface area contributed by atoms with E-state index in [1.54, 1.807) is 0 Å². The molecule has 1 heterocycles. The summed E-state index contributed by atoms with van der Waals surface area (Å²) in [6, 6.07) is 22.2. The number of carbonyl (C=O) groups is 1. The van der Waals surface area contributed by atoms with Crippen LogP contribution in [0.5, 0.6) is 23.0 Å². The van der Waals surface area contributed by atoms with Gasteiger partial charge < -0.3 is 28.7 Å². The minimum absolute atomic E-state index is 0.0642. The molecule has 0 amide bonds. The maximum atomic E-state index is 11.5. The van der Waals surface area contributed by atoms with Gasteiger partial charge in [0.25, 0.3) is 0 Å². The van der Waals surface area contributed by atoms with E-state index in [4.69, 9.17) is 18.9 Å². The van der Waals surface area contributed by atoms with Gasteiger partial charge in [-0.25, -0.2) is 0 Å². The number of hydrogen-bond donors (Lipinski definition) is 0. The number of esters is 1. The minimum Gasteiger partial charge on any atom is -0.488 e. The van der Waals surface area contributed by atoms with Gasteiger partial charge in [0.2, 0.25) is 6.79 Å². The summed E-state index contributed by atoms with van der Waals surface area (Å²) < 4.78 is 23.2. The van der Waals surface area contributed by atoms with E-state index < -0.39 is 0 Å². The van der Waals surface area contributed by atoms with Crippen molar-refractivity contribution >= 4 is 17.1 Å². The van der Waals surface area contributed by atoms with E-state index in [0.29, 0.717) is 5.75 Å². The monoisotopic (exact) mass is 586 g/mol. The highest BCUT2D eigenvalue weighted by Crippen LogP contribution is 2.40. The first-order valence-electron chi connectivity index (χ1n) is 15.5. The van der Waals surface area contributed by atoms with Gasteiger partial charge in [0.1, 0.15) is 17.6 Å². The summed E-state index contributed by atoms with van der Waals surface area (Å²) in [4.78, 5) is 16.3. The number of likely N-dealkylation sites (N-methyl/N-ethyl adjacent to an activating group) is 2. The van der Waals surface area contributed by atoms with Gasteiger partial charge in [0, 0.05) is 20.0 Å². The van der Waals surface area contributed by atoms with Crippen molar-refractivity contribution in [3.63, 3.8) is 0 Å². The Morgan fingerprint density at radius 3 is 1.74 bits per heavy atom. The number of carbonyl (C=O) groups excluding carboxylic acids is 1. The molecule has 0 spiro atoms. The second-order valence-corrected chi connectivity index (χ2v) is 10.6. The van der Waals surface area contributed by atoms with Crippen LogP contribution in [0, 0.1) is 0 Å². The molecule has 0 fully saturated rings. The summed E-state index contributed by atoms with van der Waals surface area (Å²) in [6.07, 6.45) is 0.865. The Labute approximate surface area is 257 Å². The van der Waals surface area contributed by atoms with Crippen LogP contribution in [0.4, 0.5) is 0 Å². The van der Waals surface area contributed by atoms with E-state index in [-0.39, 0.29) is 18.9 Å². The summed E-state index contributed by atoms with van der Waals surface area (Å²) >= 11 is 0. The van der Waals surface area contributed by atoms with Crippen LogP contribution in [0.25, 0.3) is 11.1 Å². The SMILES string of the molecule is CCC(=C(c1ccc(OC(C)=O)cc1)c1ccc(OC(CN(CC)CC)CN(CC)CC)cc1)c1ccc2c(c1)OCO2. The van der Waals surface area contributed by atoms with Crippen LogP contribution in [0.15, 0.2) is 66.7 Å². The van der Waals surface area contributed by atoms with Crippen molar-refractivity contribution in [2.75, 3.05) is 46.1 Å². The van der Waals surface area contributed by atoms with Crippen molar-refractivity contribution in [3.05, 3.63) is 83.4 Å². The Hall–Kier alpha value is -3.81. The second-order valence-electron chi connectivity index (χ2n) is 10.6. The lowest BCUT2D eigenvalue weighted by Crippen LogP contribution is -2.43. The Bertz CT molecular complexity index is 1350. The van der Waals surface area contributed by atoms with Gasteiger partial charge in [-0.15, -0.1) is 0 Å². The number of benzene rings is 3. The molecule has 0 saturated heterocycles. The largest absolute Gasteiger partial charge is 0.488 e. The summed E-state index contributed by atoms with van der Waals surface area (Å²) in [7, 11) is 0. The summed E-state index contributed by atoms with van der Waals surface area (Å²) in [5, 5.41) is 0. The van der Waals surface area contributed by atoms with Crippen molar-refractivity contribution in [3.8, 4) is 23.0 Å². The van der Waals surface area contributed by atoms with Gasteiger partial charge in [-0.05, 0) is 96.8 Å². The van der Waals surface area contributed by atoms with Crippen LogP contribution in [-0.2, 0) is 4.79 Å². The zero-order chi connectivity index (χ0) is 30.8. The summed E-state index contributed by atoms with van der Waals surface area (Å²) in [5.74, 6) is 2.56. The quantitative estimate of drug-likeness (QED) is 0.107. The smallest absolute Gasteiger partial charge is 0.308 e. The molecule has 7 nitrogen and oxygen atoms in total. The third kappa shape index (κ3) is 8.39. The summed E-state index contributed by atoms with van der Waals surface area (Å²) in [5.41, 5.74) is 5.45. The number of fused-ring (bicyclic) bond motifs is 1. The lowest BCUT2D eigenvalue weighted by atomic mass is 9.88. The van der Waals surface area contributed by atoms with Gasteiger partial charge in [-0.1, -0.05) is 65.0 Å². The average molecular weight is 587 g/mol. The van der Waals surface area contributed by atoms with Gasteiger partial charge in [-0.3, -0.25) is 4.79 Å². The molecule has 0 radical (unpaired) electrons. The number of hydrogen-bond acceptors (Lipinski definition) is 7.